The first-order chi connectivity index (χ1) is 14.9. The van der Waals surface area contributed by atoms with Crippen LogP contribution in [-0.2, 0) is 0 Å². The van der Waals surface area contributed by atoms with E-state index in [1.54, 1.807) is 32.8 Å². The van der Waals surface area contributed by atoms with Gasteiger partial charge in [0, 0.05) is 42.8 Å². The topological polar surface area (TPSA) is 131 Å². The molecule has 0 atom stereocenters. The molecule has 2 heterocycles. The van der Waals surface area contributed by atoms with E-state index in [-0.39, 0.29) is 6.61 Å². The summed E-state index contributed by atoms with van der Waals surface area (Å²) < 4.78 is 5.54. The monoisotopic (exact) mass is 421 g/mol. The smallest absolute Gasteiger partial charge is 0.227 e. The molecule has 0 fully saturated rings. The molecular weight excluding hydrogens is 394 g/mol. The Morgan fingerprint density at radius 3 is 2.77 bits per heavy atom. The van der Waals surface area contributed by atoms with Gasteiger partial charge in [-0.2, -0.15) is 0 Å². The van der Waals surface area contributed by atoms with Crippen LogP contribution < -0.4 is 21.1 Å². The molecule has 5 N–H and O–H groups in total. The van der Waals surface area contributed by atoms with Crippen molar-refractivity contribution in [2.24, 2.45) is 10.7 Å². The zero-order chi connectivity index (χ0) is 22.4. The van der Waals surface area contributed by atoms with Crippen LogP contribution in [-0.4, -0.2) is 52.6 Å². The van der Waals surface area contributed by atoms with E-state index in [4.69, 9.17) is 10.5 Å². The van der Waals surface area contributed by atoms with Crippen LogP contribution in [0, 0.1) is 0 Å². The highest BCUT2D eigenvalue weighted by Crippen LogP contribution is 2.31. The first-order valence-electron chi connectivity index (χ1n) is 9.71. The summed E-state index contributed by atoms with van der Waals surface area (Å²) in [5.74, 6) is 1.57. The number of hydrogen-bond acceptors (Lipinski definition) is 9. The van der Waals surface area contributed by atoms with E-state index in [9.17, 15) is 5.11 Å². The maximum absolute atomic E-state index is 9.58. The first-order valence-corrected chi connectivity index (χ1v) is 9.71. The van der Waals surface area contributed by atoms with Crippen molar-refractivity contribution in [3.05, 3.63) is 48.4 Å². The van der Waals surface area contributed by atoms with E-state index < -0.39 is 5.54 Å². The molecule has 0 radical (unpaired) electrons. The highest BCUT2D eigenvalue weighted by Gasteiger charge is 2.19. The Morgan fingerprint density at radius 1 is 1.29 bits per heavy atom. The van der Waals surface area contributed by atoms with Crippen LogP contribution in [0.5, 0.6) is 5.75 Å². The molecule has 0 saturated heterocycles. The number of hydrogen-bond donors (Lipinski definition) is 4. The van der Waals surface area contributed by atoms with Crippen molar-refractivity contribution < 1.29 is 9.84 Å². The average Bonchev–Trinajstić information content (AvgIpc) is 2.78. The van der Waals surface area contributed by atoms with E-state index in [1.165, 1.54) is 6.20 Å². The quantitative estimate of drug-likeness (QED) is 0.408. The summed E-state index contributed by atoms with van der Waals surface area (Å²) in [6.45, 7) is 3.72. The summed E-state index contributed by atoms with van der Waals surface area (Å²) in [5, 5.41) is 16.8. The number of methoxy groups -OCH3 is 1. The Morgan fingerprint density at radius 2 is 2.10 bits per heavy atom. The number of nitrogens with one attached hydrogen (secondary N) is 2. The van der Waals surface area contributed by atoms with E-state index in [0.29, 0.717) is 28.7 Å². The van der Waals surface area contributed by atoms with Gasteiger partial charge in [0.1, 0.15) is 11.3 Å². The van der Waals surface area contributed by atoms with Gasteiger partial charge in [-0.25, -0.2) is 15.0 Å². The molecule has 2 aromatic heterocycles. The van der Waals surface area contributed by atoms with Crippen LogP contribution in [0.3, 0.4) is 0 Å². The molecule has 162 valence electrons. The number of ether oxygens (including phenoxy) is 1. The number of benzene rings is 1. The van der Waals surface area contributed by atoms with E-state index in [2.05, 4.69) is 30.6 Å². The van der Waals surface area contributed by atoms with Gasteiger partial charge in [-0.15, -0.1) is 0 Å². The van der Waals surface area contributed by atoms with E-state index in [1.807, 2.05) is 38.1 Å². The fourth-order valence-corrected chi connectivity index (χ4v) is 2.92. The van der Waals surface area contributed by atoms with Crippen LogP contribution in [0.25, 0.3) is 16.5 Å². The Bertz CT molecular complexity index is 1130. The summed E-state index contributed by atoms with van der Waals surface area (Å²) in [5.41, 5.74) is 8.15. The molecule has 0 bridgehead atoms. The molecule has 3 rings (SSSR count). The van der Waals surface area contributed by atoms with Crippen molar-refractivity contribution in [1.29, 1.82) is 0 Å². The van der Waals surface area contributed by atoms with E-state index in [0.717, 1.165) is 16.5 Å². The molecule has 9 heteroatoms. The Labute approximate surface area is 181 Å². The lowest BCUT2D eigenvalue weighted by atomic mass is 10.1. The lowest BCUT2D eigenvalue weighted by Gasteiger charge is -2.24. The number of aromatic nitrogens is 3. The lowest BCUT2D eigenvalue weighted by molar-refractivity contribution is 0.234. The first kappa shape index (κ1) is 22.0. The Balaban J connectivity index is 1.96. The molecule has 31 heavy (non-hydrogen) atoms. The van der Waals surface area contributed by atoms with Gasteiger partial charge in [0.25, 0.3) is 0 Å². The third kappa shape index (κ3) is 5.07. The lowest BCUT2D eigenvalue weighted by Crippen LogP contribution is -2.35. The Hall–Kier alpha value is -3.72. The summed E-state index contributed by atoms with van der Waals surface area (Å²) in [4.78, 5) is 17.4. The van der Waals surface area contributed by atoms with Gasteiger partial charge in [0.15, 0.2) is 5.82 Å². The molecule has 3 aromatic rings. The van der Waals surface area contributed by atoms with Crippen molar-refractivity contribution in [3.8, 4) is 5.75 Å². The van der Waals surface area contributed by atoms with Crippen LogP contribution in [0.15, 0.2) is 47.9 Å². The highest BCUT2D eigenvalue weighted by atomic mass is 16.5. The van der Waals surface area contributed by atoms with Gasteiger partial charge in [-0.1, -0.05) is 6.07 Å². The number of nitrogens with two attached hydrogens (primary N) is 1. The second kappa shape index (κ2) is 9.40. The molecule has 0 amide bonds. The third-order valence-electron chi connectivity index (χ3n) is 4.58. The van der Waals surface area contributed by atoms with Crippen molar-refractivity contribution >= 4 is 40.1 Å². The van der Waals surface area contributed by atoms with Crippen molar-refractivity contribution in [3.63, 3.8) is 0 Å². The van der Waals surface area contributed by atoms with Gasteiger partial charge in [0.05, 0.1) is 24.9 Å². The van der Waals surface area contributed by atoms with Crippen molar-refractivity contribution in [2.45, 2.75) is 19.4 Å². The van der Waals surface area contributed by atoms with E-state index >= 15 is 0 Å². The second-order valence-corrected chi connectivity index (χ2v) is 7.51. The van der Waals surface area contributed by atoms with Crippen LogP contribution in [0.2, 0.25) is 0 Å². The summed E-state index contributed by atoms with van der Waals surface area (Å²) in [6.07, 6.45) is 6.58. The molecule has 0 aliphatic carbocycles. The molecule has 0 spiro atoms. The van der Waals surface area contributed by atoms with Gasteiger partial charge in [-0.05, 0) is 37.6 Å². The molecule has 9 nitrogen and oxygen atoms in total. The largest absolute Gasteiger partial charge is 0.495 e. The molecular formula is C22H27N7O2. The summed E-state index contributed by atoms with van der Waals surface area (Å²) >= 11 is 0. The van der Waals surface area contributed by atoms with Gasteiger partial charge < -0.3 is 26.2 Å². The maximum Gasteiger partial charge on any atom is 0.227 e. The molecule has 0 aliphatic heterocycles. The highest BCUT2D eigenvalue weighted by molar-refractivity contribution is 6.09. The molecule has 0 saturated carbocycles. The Kier molecular flexibility index (Phi) is 6.66. The normalized spacial score (nSPS) is 12.4. The minimum Gasteiger partial charge on any atom is -0.495 e. The average molecular weight is 422 g/mol. The number of anilines is 3. The zero-order valence-corrected chi connectivity index (χ0v) is 18.0. The van der Waals surface area contributed by atoms with Gasteiger partial charge in [0.2, 0.25) is 5.95 Å². The summed E-state index contributed by atoms with van der Waals surface area (Å²) in [7, 11) is 3.28. The number of aliphatic imine (C=N–C) groups is 1. The number of allylic oxidation sites excluding steroid dienone is 1. The minimum atomic E-state index is -0.547. The van der Waals surface area contributed by atoms with Crippen molar-refractivity contribution in [1.82, 2.24) is 15.0 Å². The minimum absolute atomic E-state index is 0.0488. The number of pyridine rings is 1. The van der Waals surface area contributed by atoms with Gasteiger partial charge in [-0.3, -0.25) is 4.99 Å². The van der Waals surface area contributed by atoms with Crippen LogP contribution in [0.1, 0.15) is 19.4 Å². The number of aliphatic hydroxyl groups is 1. The fraction of sp³-hybridized carbons (Fsp3) is 0.273. The predicted octanol–water partition coefficient (Wildman–Crippen LogP) is 2.96. The third-order valence-corrected chi connectivity index (χ3v) is 4.58. The van der Waals surface area contributed by atoms with Crippen LogP contribution >= 0.6 is 0 Å². The summed E-state index contributed by atoms with van der Waals surface area (Å²) in [6, 6.07) is 7.47. The van der Waals surface area contributed by atoms with Gasteiger partial charge >= 0.3 is 0 Å². The number of fused-ring (bicyclic) bond motifs is 1. The molecule has 0 aliphatic rings. The zero-order valence-electron chi connectivity index (χ0n) is 18.0. The van der Waals surface area contributed by atoms with Crippen molar-refractivity contribution in [2.75, 3.05) is 31.4 Å². The van der Waals surface area contributed by atoms with Crippen LogP contribution in [0.4, 0.5) is 17.5 Å². The number of nitrogens with zero attached hydrogens (tertiary/aromatic N) is 4. The fourth-order valence-electron chi connectivity index (χ4n) is 2.92. The predicted molar refractivity (Wildman–Crippen MR) is 125 cm³/mol. The standard InChI is InChI=1S/C22H27N7O2/c1-22(2,13-30)29-20-19-15(7-8-25-20)12-26-21(28-19)27-17-6-5-14(9-18(17)31-4)16(10-23)11-24-3/h5-12,30H,13,23H2,1-4H3,(H,25,29)(H,26,27,28). The number of rotatable bonds is 8. The maximum atomic E-state index is 9.58. The SMILES string of the molecule is CN=CC(=CN)c1ccc(Nc2ncc3ccnc(NC(C)(C)CO)c3n2)c(OC)c1. The second-order valence-electron chi connectivity index (χ2n) is 7.51. The number of aliphatic hydroxyl groups excluding tert-OH is 1. The molecule has 1 aromatic carbocycles. The molecule has 0 unspecified atom stereocenters.